The Kier molecular flexibility index (Phi) is 2.79. The average Bonchev–Trinajstić information content (AvgIpc) is 1.91. The first-order valence-corrected chi connectivity index (χ1v) is 4.52. The molecule has 12 heavy (non-hydrogen) atoms. The fourth-order valence-electron chi connectivity index (χ4n) is 1.16. The number of benzene rings is 1. The first kappa shape index (κ1) is 9.60. The molecule has 0 saturated carbocycles. The molecule has 0 N–H and O–H groups in total. The van der Waals surface area contributed by atoms with Gasteiger partial charge in [0.2, 0.25) is 0 Å². The topological polar surface area (TPSA) is 0 Å². The Bertz CT molecular complexity index is 258. The lowest BCUT2D eigenvalue weighted by atomic mass is 9.88. The minimum Gasteiger partial charge on any atom is -0.0834 e. The fourth-order valence-corrected chi connectivity index (χ4v) is 1.35. The standard InChI is InChI=1S/C11H14Cl/c1-11(2,3)8-9-6-4-5-7-10(9)12/h4-6H,8H2,1-3H3. The summed E-state index contributed by atoms with van der Waals surface area (Å²) in [4.78, 5) is 0. The van der Waals surface area contributed by atoms with E-state index in [0.29, 0.717) is 5.41 Å². The summed E-state index contributed by atoms with van der Waals surface area (Å²) in [7, 11) is 0. The van der Waals surface area contributed by atoms with E-state index >= 15 is 0 Å². The quantitative estimate of drug-likeness (QED) is 0.620. The molecule has 0 fully saturated rings. The molecular formula is C11H14Cl. The van der Waals surface area contributed by atoms with Crippen LogP contribution in [0.4, 0.5) is 0 Å². The van der Waals surface area contributed by atoms with E-state index in [9.17, 15) is 0 Å². The minimum absolute atomic E-state index is 0.291. The molecule has 0 nitrogen and oxygen atoms in total. The number of hydrogen-bond donors (Lipinski definition) is 0. The summed E-state index contributed by atoms with van der Waals surface area (Å²) < 4.78 is 0. The molecule has 0 heterocycles. The molecule has 0 amide bonds. The molecule has 1 aromatic carbocycles. The molecule has 0 saturated heterocycles. The Morgan fingerprint density at radius 2 is 2.08 bits per heavy atom. The second kappa shape index (κ2) is 3.49. The van der Waals surface area contributed by atoms with E-state index in [4.69, 9.17) is 11.6 Å². The lowest BCUT2D eigenvalue weighted by molar-refractivity contribution is 0.411. The van der Waals surface area contributed by atoms with E-state index in [1.807, 2.05) is 12.1 Å². The summed E-state index contributed by atoms with van der Waals surface area (Å²) in [6.45, 7) is 6.61. The highest BCUT2D eigenvalue weighted by atomic mass is 35.5. The maximum absolute atomic E-state index is 5.97. The van der Waals surface area contributed by atoms with Gasteiger partial charge >= 0.3 is 0 Å². The monoisotopic (exact) mass is 181 g/mol. The van der Waals surface area contributed by atoms with Crippen molar-refractivity contribution >= 4 is 11.6 Å². The largest absolute Gasteiger partial charge is 0.0834 e. The molecule has 0 aliphatic heterocycles. The van der Waals surface area contributed by atoms with Crippen molar-refractivity contribution in [1.29, 1.82) is 0 Å². The van der Waals surface area contributed by atoms with Crippen molar-refractivity contribution in [3.8, 4) is 0 Å². The Labute approximate surface area is 79.6 Å². The van der Waals surface area contributed by atoms with Crippen molar-refractivity contribution in [1.82, 2.24) is 0 Å². The van der Waals surface area contributed by atoms with Crippen LogP contribution >= 0.6 is 11.6 Å². The molecular weight excluding hydrogens is 168 g/mol. The Morgan fingerprint density at radius 3 is 2.58 bits per heavy atom. The van der Waals surface area contributed by atoms with E-state index in [-0.39, 0.29) is 0 Å². The summed E-state index contributed by atoms with van der Waals surface area (Å²) in [5.41, 5.74) is 1.48. The first-order chi connectivity index (χ1) is 5.49. The maximum atomic E-state index is 5.97. The van der Waals surface area contributed by atoms with Crippen LogP contribution in [0.1, 0.15) is 26.3 Å². The molecule has 0 spiro atoms. The van der Waals surface area contributed by atoms with Gasteiger partial charge in [0, 0.05) is 6.07 Å². The molecule has 1 radical (unpaired) electrons. The van der Waals surface area contributed by atoms with Crippen molar-refractivity contribution in [2.24, 2.45) is 5.41 Å². The Balaban J connectivity index is 2.83. The molecule has 0 atom stereocenters. The van der Waals surface area contributed by atoms with Crippen LogP contribution in [0.25, 0.3) is 0 Å². The van der Waals surface area contributed by atoms with Gasteiger partial charge in [0.1, 0.15) is 0 Å². The highest BCUT2D eigenvalue weighted by molar-refractivity contribution is 6.31. The Morgan fingerprint density at radius 1 is 1.42 bits per heavy atom. The Hall–Kier alpha value is -0.490. The van der Waals surface area contributed by atoms with Gasteiger partial charge < -0.3 is 0 Å². The van der Waals surface area contributed by atoms with Crippen LogP contribution in [0, 0.1) is 11.5 Å². The maximum Gasteiger partial charge on any atom is 0.0517 e. The minimum atomic E-state index is 0.291. The van der Waals surface area contributed by atoms with Crippen LogP contribution in [-0.2, 0) is 6.42 Å². The summed E-state index contributed by atoms with van der Waals surface area (Å²) in [6.07, 6.45) is 1.00. The van der Waals surface area contributed by atoms with E-state index in [1.54, 1.807) is 0 Å². The third kappa shape index (κ3) is 2.86. The van der Waals surface area contributed by atoms with Crippen molar-refractivity contribution in [2.45, 2.75) is 27.2 Å². The highest BCUT2D eigenvalue weighted by Crippen LogP contribution is 2.24. The van der Waals surface area contributed by atoms with Crippen LogP contribution in [0.15, 0.2) is 18.2 Å². The third-order valence-electron chi connectivity index (χ3n) is 1.61. The van der Waals surface area contributed by atoms with Crippen molar-refractivity contribution in [2.75, 3.05) is 0 Å². The smallest absolute Gasteiger partial charge is 0.0517 e. The molecule has 1 rings (SSSR count). The molecule has 0 aromatic heterocycles. The third-order valence-corrected chi connectivity index (χ3v) is 1.96. The van der Waals surface area contributed by atoms with E-state index in [2.05, 4.69) is 32.9 Å². The molecule has 1 heteroatoms. The van der Waals surface area contributed by atoms with Gasteiger partial charge in [-0.05, 0) is 17.4 Å². The second-order valence-electron chi connectivity index (χ2n) is 4.25. The van der Waals surface area contributed by atoms with Crippen LogP contribution in [0.5, 0.6) is 0 Å². The number of hydrogen-bond acceptors (Lipinski definition) is 0. The fraction of sp³-hybridized carbons (Fsp3) is 0.455. The summed E-state index contributed by atoms with van der Waals surface area (Å²) >= 11 is 5.97. The molecule has 1 aromatic rings. The van der Waals surface area contributed by atoms with E-state index in [1.165, 1.54) is 5.56 Å². The summed E-state index contributed by atoms with van der Waals surface area (Å²) in [6, 6.07) is 8.87. The van der Waals surface area contributed by atoms with Crippen molar-refractivity contribution in [3.63, 3.8) is 0 Å². The van der Waals surface area contributed by atoms with Gasteiger partial charge in [-0.2, -0.15) is 0 Å². The number of halogens is 1. The van der Waals surface area contributed by atoms with Gasteiger partial charge in [-0.1, -0.05) is 50.6 Å². The molecule has 0 aliphatic carbocycles. The first-order valence-electron chi connectivity index (χ1n) is 4.14. The second-order valence-corrected chi connectivity index (χ2v) is 4.62. The van der Waals surface area contributed by atoms with E-state index < -0.39 is 0 Å². The lowest BCUT2D eigenvalue weighted by Crippen LogP contribution is -2.09. The molecule has 65 valence electrons. The zero-order valence-corrected chi connectivity index (χ0v) is 8.57. The van der Waals surface area contributed by atoms with Crippen molar-refractivity contribution in [3.05, 3.63) is 34.9 Å². The average molecular weight is 182 g/mol. The molecule has 0 unspecified atom stereocenters. The molecule has 0 bridgehead atoms. The zero-order valence-electron chi connectivity index (χ0n) is 7.82. The number of rotatable bonds is 1. The normalized spacial score (nSPS) is 11.7. The highest BCUT2D eigenvalue weighted by Gasteiger charge is 2.12. The van der Waals surface area contributed by atoms with E-state index in [0.717, 1.165) is 11.4 Å². The predicted octanol–water partition coefficient (Wildman–Crippen LogP) is 3.73. The van der Waals surface area contributed by atoms with Crippen molar-refractivity contribution < 1.29 is 0 Å². The summed E-state index contributed by atoms with van der Waals surface area (Å²) in [5, 5.41) is 0.757. The van der Waals surface area contributed by atoms with Crippen LogP contribution in [0.2, 0.25) is 5.02 Å². The van der Waals surface area contributed by atoms with Gasteiger partial charge in [-0.25, -0.2) is 0 Å². The lowest BCUT2D eigenvalue weighted by Gasteiger charge is -2.18. The van der Waals surface area contributed by atoms with Gasteiger partial charge in [0.05, 0.1) is 5.02 Å². The SMILES string of the molecule is CC(C)(C)Cc1ccc[c]c1Cl. The van der Waals surface area contributed by atoms with Crippen LogP contribution in [-0.4, -0.2) is 0 Å². The van der Waals surface area contributed by atoms with Gasteiger partial charge in [0.25, 0.3) is 0 Å². The van der Waals surface area contributed by atoms with Gasteiger partial charge in [-0.15, -0.1) is 0 Å². The molecule has 0 aliphatic rings. The zero-order chi connectivity index (χ0) is 9.19. The predicted molar refractivity (Wildman–Crippen MR) is 53.4 cm³/mol. The van der Waals surface area contributed by atoms with Gasteiger partial charge in [-0.3, -0.25) is 0 Å². The van der Waals surface area contributed by atoms with Crippen LogP contribution in [0.3, 0.4) is 0 Å². The summed E-state index contributed by atoms with van der Waals surface area (Å²) in [5.74, 6) is 0. The van der Waals surface area contributed by atoms with Crippen LogP contribution < -0.4 is 0 Å². The van der Waals surface area contributed by atoms with Gasteiger partial charge in [0.15, 0.2) is 0 Å².